The predicted molar refractivity (Wildman–Crippen MR) is 106 cm³/mol. The molecule has 2 aromatic rings. The molecule has 0 bridgehead atoms. The third-order valence-corrected chi connectivity index (χ3v) is 7.07. The lowest BCUT2D eigenvalue weighted by Gasteiger charge is -2.21. The second-order valence-electron chi connectivity index (χ2n) is 5.96. The molecule has 2 rings (SSSR count). The molecule has 7 nitrogen and oxygen atoms in total. The number of carbonyl (C=O) groups excluding carboxylic acids is 1. The van der Waals surface area contributed by atoms with Crippen LogP contribution in [0.1, 0.15) is 29.9 Å². The van der Waals surface area contributed by atoms with E-state index in [1.807, 2.05) is 0 Å². The van der Waals surface area contributed by atoms with Crippen LogP contribution in [0.3, 0.4) is 0 Å². The molecular formula is C17H22Cl2N4O3S. The zero-order valence-corrected chi connectivity index (χ0v) is 17.9. The molecule has 0 unspecified atom stereocenters. The zero-order chi connectivity index (χ0) is 20.4. The summed E-state index contributed by atoms with van der Waals surface area (Å²) in [6.07, 6.45) is 1.64. The molecule has 0 aliphatic heterocycles. The van der Waals surface area contributed by atoms with E-state index < -0.39 is 15.9 Å². The van der Waals surface area contributed by atoms with E-state index in [1.54, 1.807) is 44.9 Å². The highest BCUT2D eigenvalue weighted by molar-refractivity contribution is 7.89. The SMILES string of the molecule is CCN(CC)S(=O)(=O)c1cc(C(=O)N(C)Cc2ccnn2C)c(Cl)cc1Cl. The van der Waals surface area contributed by atoms with Crippen molar-refractivity contribution in [3.05, 3.63) is 45.7 Å². The molecule has 1 heterocycles. The van der Waals surface area contributed by atoms with Crippen LogP contribution in [0, 0.1) is 0 Å². The summed E-state index contributed by atoms with van der Waals surface area (Å²) in [6.45, 7) is 4.35. The predicted octanol–water partition coefficient (Wildman–Crippen LogP) is 3.03. The summed E-state index contributed by atoms with van der Waals surface area (Å²) in [5.74, 6) is -0.408. The standard InChI is InChI=1S/C17H22Cl2N4O3S/c1-5-23(6-2)27(25,26)16-9-13(14(18)10-15(16)19)17(24)21(3)11-12-7-8-20-22(12)4/h7-10H,5-6,11H2,1-4H3. The molecule has 148 valence electrons. The monoisotopic (exact) mass is 432 g/mol. The van der Waals surface area contributed by atoms with Gasteiger partial charge in [0.1, 0.15) is 4.90 Å². The Balaban J connectivity index is 2.43. The van der Waals surface area contributed by atoms with Crippen molar-refractivity contribution >= 4 is 39.1 Å². The van der Waals surface area contributed by atoms with E-state index in [0.29, 0.717) is 19.6 Å². The van der Waals surface area contributed by atoms with Crippen LogP contribution >= 0.6 is 23.2 Å². The van der Waals surface area contributed by atoms with Gasteiger partial charge in [-0.15, -0.1) is 0 Å². The molecule has 0 saturated carbocycles. The Kier molecular flexibility index (Phi) is 6.91. The number of rotatable bonds is 7. The van der Waals surface area contributed by atoms with Crippen molar-refractivity contribution in [1.29, 1.82) is 0 Å². The van der Waals surface area contributed by atoms with Crippen molar-refractivity contribution < 1.29 is 13.2 Å². The summed E-state index contributed by atoms with van der Waals surface area (Å²) in [4.78, 5) is 14.2. The van der Waals surface area contributed by atoms with Crippen molar-refractivity contribution in [2.75, 3.05) is 20.1 Å². The maximum absolute atomic E-state index is 12.9. The van der Waals surface area contributed by atoms with Crippen molar-refractivity contribution in [3.63, 3.8) is 0 Å². The van der Waals surface area contributed by atoms with Gasteiger partial charge in [0.25, 0.3) is 5.91 Å². The molecule has 0 aliphatic rings. The Labute approximate surface area is 169 Å². The van der Waals surface area contributed by atoms with E-state index in [1.165, 1.54) is 21.3 Å². The van der Waals surface area contributed by atoms with Gasteiger partial charge in [-0.25, -0.2) is 8.42 Å². The highest BCUT2D eigenvalue weighted by Gasteiger charge is 2.28. The van der Waals surface area contributed by atoms with Gasteiger partial charge in [0.2, 0.25) is 10.0 Å². The quantitative estimate of drug-likeness (QED) is 0.673. The third kappa shape index (κ3) is 4.45. The Morgan fingerprint density at radius 3 is 2.33 bits per heavy atom. The molecule has 0 spiro atoms. The van der Waals surface area contributed by atoms with Gasteiger partial charge in [-0.3, -0.25) is 9.48 Å². The number of aromatic nitrogens is 2. The first-order valence-electron chi connectivity index (χ1n) is 8.35. The number of hydrogen-bond acceptors (Lipinski definition) is 4. The van der Waals surface area contributed by atoms with E-state index in [0.717, 1.165) is 5.69 Å². The second-order valence-corrected chi connectivity index (χ2v) is 8.68. The molecular weight excluding hydrogens is 411 g/mol. The van der Waals surface area contributed by atoms with E-state index in [-0.39, 0.29) is 20.5 Å². The average Bonchev–Trinajstić information content (AvgIpc) is 2.99. The molecule has 10 heteroatoms. The highest BCUT2D eigenvalue weighted by atomic mass is 35.5. The molecule has 0 aliphatic carbocycles. The molecule has 0 fully saturated rings. The first kappa shape index (κ1) is 21.7. The highest BCUT2D eigenvalue weighted by Crippen LogP contribution is 2.31. The van der Waals surface area contributed by atoms with Crippen molar-refractivity contribution in [1.82, 2.24) is 19.0 Å². The maximum Gasteiger partial charge on any atom is 0.255 e. The summed E-state index contributed by atoms with van der Waals surface area (Å²) in [5.41, 5.74) is 0.906. The first-order chi connectivity index (χ1) is 12.6. The minimum absolute atomic E-state index is 0.0160. The lowest BCUT2D eigenvalue weighted by atomic mass is 10.2. The average molecular weight is 433 g/mol. The number of nitrogens with zero attached hydrogens (tertiary/aromatic N) is 4. The summed E-state index contributed by atoms with van der Waals surface area (Å²) < 4.78 is 28.6. The molecule has 1 aromatic heterocycles. The smallest absolute Gasteiger partial charge is 0.255 e. The van der Waals surface area contributed by atoms with Crippen LogP contribution in [-0.2, 0) is 23.6 Å². The van der Waals surface area contributed by atoms with Crippen molar-refractivity contribution in [3.8, 4) is 0 Å². The van der Waals surface area contributed by atoms with Crippen LogP contribution in [-0.4, -0.2) is 53.4 Å². The maximum atomic E-state index is 12.9. The molecule has 1 amide bonds. The Morgan fingerprint density at radius 1 is 1.19 bits per heavy atom. The molecule has 0 atom stereocenters. The first-order valence-corrected chi connectivity index (χ1v) is 10.5. The summed E-state index contributed by atoms with van der Waals surface area (Å²) in [6, 6.07) is 4.34. The Bertz CT molecular complexity index is 940. The van der Waals surface area contributed by atoms with Crippen LogP contribution in [0.4, 0.5) is 0 Å². The minimum Gasteiger partial charge on any atom is -0.336 e. The summed E-state index contributed by atoms with van der Waals surface area (Å²) >= 11 is 12.3. The number of amides is 1. The summed E-state index contributed by atoms with van der Waals surface area (Å²) in [7, 11) is -0.444. The number of halogens is 2. The van der Waals surface area contributed by atoms with E-state index >= 15 is 0 Å². The minimum atomic E-state index is -3.83. The number of sulfonamides is 1. The van der Waals surface area contributed by atoms with Gasteiger partial charge >= 0.3 is 0 Å². The lowest BCUT2D eigenvalue weighted by Crippen LogP contribution is -2.31. The lowest BCUT2D eigenvalue weighted by molar-refractivity contribution is 0.0782. The molecule has 27 heavy (non-hydrogen) atoms. The van der Waals surface area contributed by atoms with Crippen molar-refractivity contribution in [2.45, 2.75) is 25.3 Å². The third-order valence-electron chi connectivity index (χ3n) is 4.24. The van der Waals surface area contributed by atoms with Crippen LogP contribution < -0.4 is 0 Å². The van der Waals surface area contributed by atoms with Gasteiger partial charge in [-0.1, -0.05) is 37.0 Å². The van der Waals surface area contributed by atoms with E-state index in [9.17, 15) is 13.2 Å². The largest absolute Gasteiger partial charge is 0.336 e. The van der Waals surface area contributed by atoms with Crippen LogP contribution in [0.2, 0.25) is 10.0 Å². The van der Waals surface area contributed by atoms with Gasteiger partial charge in [0, 0.05) is 33.4 Å². The number of aryl methyl sites for hydroxylation is 1. The topological polar surface area (TPSA) is 75.5 Å². The fourth-order valence-electron chi connectivity index (χ4n) is 2.67. The van der Waals surface area contributed by atoms with Gasteiger partial charge in [-0.05, 0) is 18.2 Å². The van der Waals surface area contributed by atoms with E-state index in [2.05, 4.69) is 5.10 Å². The van der Waals surface area contributed by atoms with Crippen LogP contribution in [0.25, 0.3) is 0 Å². The number of hydrogen-bond donors (Lipinski definition) is 0. The molecule has 1 aromatic carbocycles. The van der Waals surface area contributed by atoms with E-state index in [4.69, 9.17) is 23.2 Å². The van der Waals surface area contributed by atoms with Crippen molar-refractivity contribution in [2.24, 2.45) is 7.05 Å². The van der Waals surface area contributed by atoms with Gasteiger partial charge in [0.05, 0.1) is 27.8 Å². The fraction of sp³-hybridized carbons (Fsp3) is 0.412. The molecule has 0 N–H and O–H groups in total. The fourth-order valence-corrected chi connectivity index (χ4v) is 4.96. The number of benzene rings is 1. The van der Waals surface area contributed by atoms with Gasteiger partial charge < -0.3 is 4.90 Å². The van der Waals surface area contributed by atoms with Gasteiger partial charge in [0.15, 0.2) is 0 Å². The Hall–Kier alpha value is -1.61. The van der Waals surface area contributed by atoms with Crippen LogP contribution in [0.15, 0.2) is 29.3 Å². The zero-order valence-electron chi connectivity index (χ0n) is 15.6. The van der Waals surface area contributed by atoms with Crippen LogP contribution in [0.5, 0.6) is 0 Å². The normalized spacial score (nSPS) is 11.8. The number of carbonyl (C=O) groups is 1. The Morgan fingerprint density at radius 2 is 1.81 bits per heavy atom. The molecule has 0 radical (unpaired) electrons. The van der Waals surface area contributed by atoms with Gasteiger partial charge in [-0.2, -0.15) is 9.40 Å². The second kappa shape index (κ2) is 8.60. The molecule has 0 saturated heterocycles. The summed E-state index contributed by atoms with van der Waals surface area (Å²) in [5, 5.41) is 4.15.